The van der Waals surface area contributed by atoms with Crippen molar-refractivity contribution >= 4 is 29.9 Å². The summed E-state index contributed by atoms with van der Waals surface area (Å²) in [6, 6.07) is 10.3. The van der Waals surface area contributed by atoms with Crippen molar-refractivity contribution in [2.45, 2.75) is 6.42 Å². The van der Waals surface area contributed by atoms with E-state index in [0.717, 1.165) is 6.54 Å². The maximum atomic E-state index is 3.37. The van der Waals surface area contributed by atoms with Crippen LogP contribution in [0, 0.1) is 0 Å². The SMILES string of the molecule is CSCCCNc1ccccc1.Cl. The number of para-hydroxylation sites is 1. The van der Waals surface area contributed by atoms with E-state index in [1.165, 1.54) is 17.9 Å². The number of hydrogen-bond donors (Lipinski definition) is 1. The molecule has 0 atom stereocenters. The van der Waals surface area contributed by atoms with Gasteiger partial charge in [-0.05, 0) is 30.6 Å². The Morgan fingerprint density at radius 3 is 2.54 bits per heavy atom. The Balaban J connectivity index is 0.00000144. The molecule has 0 radical (unpaired) electrons. The molecule has 13 heavy (non-hydrogen) atoms. The van der Waals surface area contributed by atoms with Gasteiger partial charge in [0.1, 0.15) is 0 Å². The quantitative estimate of drug-likeness (QED) is 0.760. The zero-order valence-corrected chi connectivity index (χ0v) is 9.46. The molecule has 0 bridgehead atoms. The van der Waals surface area contributed by atoms with Crippen molar-refractivity contribution in [2.24, 2.45) is 0 Å². The van der Waals surface area contributed by atoms with E-state index in [9.17, 15) is 0 Å². The lowest BCUT2D eigenvalue weighted by molar-refractivity contribution is 0.993. The molecule has 1 rings (SSSR count). The fourth-order valence-electron chi connectivity index (χ4n) is 1.01. The summed E-state index contributed by atoms with van der Waals surface area (Å²) in [5.74, 6) is 1.24. The number of halogens is 1. The van der Waals surface area contributed by atoms with Crippen molar-refractivity contribution in [3.8, 4) is 0 Å². The molecule has 1 aromatic carbocycles. The van der Waals surface area contributed by atoms with Crippen LogP contribution in [0.15, 0.2) is 30.3 Å². The Morgan fingerprint density at radius 2 is 1.92 bits per heavy atom. The molecule has 0 saturated carbocycles. The zero-order valence-electron chi connectivity index (χ0n) is 7.82. The average Bonchev–Trinajstić information content (AvgIpc) is 2.14. The average molecular weight is 218 g/mol. The third-order valence-corrected chi connectivity index (χ3v) is 2.33. The maximum Gasteiger partial charge on any atom is 0.0340 e. The van der Waals surface area contributed by atoms with Crippen LogP contribution in [0.1, 0.15) is 6.42 Å². The minimum absolute atomic E-state index is 0. The van der Waals surface area contributed by atoms with E-state index in [-0.39, 0.29) is 12.4 Å². The molecular weight excluding hydrogens is 202 g/mol. The van der Waals surface area contributed by atoms with Gasteiger partial charge in [0.15, 0.2) is 0 Å². The van der Waals surface area contributed by atoms with Gasteiger partial charge in [-0.1, -0.05) is 18.2 Å². The van der Waals surface area contributed by atoms with Crippen molar-refractivity contribution in [3.05, 3.63) is 30.3 Å². The summed E-state index contributed by atoms with van der Waals surface area (Å²) in [5, 5.41) is 3.37. The summed E-state index contributed by atoms with van der Waals surface area (Å²) in [5.41, 5.74) is 1.22. The number of rotatable bonds is 5. The van der Waals surface area contributed by atoms with Crippen LogP contribution < -0.4 is 5.32 Å². The van der Waals surface area contributed by atoms with Gasteiger partial charge in [-0.3, -0.25) is 0 Å². The minimum atomic E-state index is 0. The van der Waals surface area contributed by atoms with Gasteiger partial charge in [0, 0.05) is 12.2 Å². The van der Waals surface area contributed by atoms with E-state index in [0.29, 0.717) is 0 Å². The smallest absolute Gasteiger partial charge is 0.0340 e. The van der Waals surface area contributed by atoms with Gasteiger partial charge < -0.3 is 5.32 Å². The minimum Gasteiger partial charge on any atom is -0.385 e. The predicted molar refractivity (Wildman–Crippen MR) is 65.2 cm³/mol. The summed E-state index contributed by atoms with van der Waals surface area (Å²) in [4.78, 5) is 0. The van der Waals surface area contributed by atoms with E-state index < -0.39 is 0 Å². The van der Waals surface area contributed by atoms with E-state index in [1.807, 2.05) is 17.8 Å². The number of hydrogen-bond acceptors (Lipinski definition) is 2. The largest absolute Gasteiger partial charge is 0.385 e. The van der Waals surface area contributed by atoms with Gasteiger partial charge in [-0.2, -0.15) is 11.8 Å². The summed E-state index contributed by atoms with van der Waals surface area (Å²) >= 11 is 1.90. The van der Waals surface area contributed by atoms with Crippen molar-refractivity contribution in [1.29, 1.82) is 0 Å². The fraction of sp³-hybridized carbons (Fsp3) is 0.400. The fourth-order valence-corrected chi connectivity index (χ4v) is 1.44. The lowest BCUT2D eigenvalue weighted by atomic mass is 10.3. The van der Waals surface area contributed by atoms with Crippen molar-refractivity contribution in [1.82, 2.24) is 0 Å². The molecule has 3 heteroatoms. The van der Waals surface area contributed by atoms with Crippen LogP contribution in [0.3, 0.4) is 0 Å². The highest BCUT2D eigenvalue weighted by Crippen LogP contribution is 2.05. The Labute approximate surface area is 90.7 Å². The number of nitrogens with one attached hydrogen (secondary N) is 1. The highest BCUT2D eigenvalue weighted by molar-refractivity contribution is 7.98. The second-order valence-corrected chi connectivity index (χ2v) is 3.62. The van der Waals surface area contributed by atoms with E-state index in [1.54, 1.807) is 0 Å². The second-order valence-electron chi connectivity index (χ2n) is 2.64. The molecule has 0 aliphatic rings. The molecule has 1 N–H and O–H groups in total. The number of anilines is 1. The van der Waals surface area contributed by atoms with Crippen LogP contribution >= 0.6 is 24.2 Å². The summed E-state index contributed by atoms with van der Waals surface area (Å²) in [6.45, 7) is 1.07. The maximum absolute atomic E-state index is 3.37. The first-order chi connectivity index (χ1) is 5.93. The lowest BCUT2D eigenvalue weighted by Crippen LogP contribution is -2.01. The molecule has 0 aliphatic heterocycles. The monoisotopic (exact) mass is 217 g/mol. The van der Waals surface area contributed by atoms with Crippen LogP contribution in [0.4, 0.5) is 5.69 Å². The van der Waals surface area contributed by atoms with Crippen LogP contribution in [0.5, 0.6) is 0 Å². The van der Waals surface area contributed by atoms with Gasteiger partial charge in [0.2, 0.25) is 0 Å². The molecule has 0 heterocycles. The van der Waals surface area contributed by atoms with E-state index in [4.69, 9.17) is 0 Å². The first kappa shape index (κ1) is 12.7. The summed E-state index contributed by atoms with van der Waals surface area (Å²) < 4.78 is 0. The molecule has 74 valence electrons. The lowest BCUT2D eigenvalue weighted by Gasteiger charge is -2.04. The topological polar surface area (TPSA) is 12.0 Å². The highest BCUT2D eigenvalue weighted by Gasteiger charge is 1.88. The standard InChI is InChI=1S/C10H15NS.ClH/c1-12-9-5-8-11-10-6-3-2-4-7-10;/h2-4,6-7,11H,5,8-9H2,1H3;1H. The molecule has 0 aromatic heterocycles. The third-order valence-electron chi connectivity index (χ3n) is 1.63. The zero-order chi connectivity index (χ0) is 8.65. The van der Waals surface area contributed by atoms with Gasteiger partial charge in [0.25, 0.3) is 0 Å². The Bertz CT molecular complexity index is 203. The molecule has 0 spiro atoms. The Kier molecular flexibility index (Phi) is 8.05. The van der Waals surface area contributed by atoms with Crippen LogP contribution in [0.2, 0.25) is 0 Å². The summed E-state index contributed by atoms with van der Waals surface area (Å²) in [6.07, 6.45) is 3.37. The highest BCUT2D eigenvalue weighted by atomic mass is 35.5. The molecule has 0 unspecified atom stereocenters. The van der Waals surface area contributed by atoms with Crippen LogP contribution in [-0.4, -0.2) is 18.6 Å². The van der Waals surface area contributed by atoms with Crippen molar-refractivity contribution in [2.75, 3.05) is 23.9 Å². The Morgan fingerprint density at radius 1 is 1.23 bits per heavy atom. The molecule has 0 amide bonds. The second kappa shape index (κ2) is 8.27. The predicted octanol–water partition coefficient (Wildman–Crippen LogP) is 3.27. The Hall–Kier alpha value is -0.340. The number of benzene rings is 1. The third kappa shape index (κ3) is 5.83. The van der Waals surface area contributed by atoms with E-state index in [2.05, 4.69) is 35.8 Å². The van der Waals surface area contributed by atoms with Gasteiger partial charge in [-0.15, -0.1) is 12.4 Å². The van der Waals surface area contributed by atoms with Gasteiger partial charge in [0.05, 0.1) is 0 Å². The molecule has 1 aromatic rings. The number of thioether (sulfide) groups is 1. The molecule has 1 nitrogen and oxygen atoms in total. The van der Waals surface area contributed by atoms with Gasteiger partial charge in [-0.25, -0.2) is 0 Å². The first-order valence-corrected chi connectivity index (χ1v) is 5.61. The van der Waals surface area contributed by atoms with Crippen molar-refractivity contribution in [3.63, 3.8) is 0 Å². The molecule has 0 saturated heterocycles. The summed E-state index contributed by atoms with van der Waals surface area (Å²) in [7, 11) is 0. The molecule has 0 aliphatic carbocycles. The van der Waals surface area contributed by atoms with E-state index >= 15 is 0 Å². The normalized spacial score (nSPS) is 9.00. The van der Waals surface area contributed by atoms with Gasteiger partial charge >= 0.3 is 0 Å². The van der Waals surface area contributed by atoms with Crippen LogP contribution in [-0.2, 0) is 0 Å². The first-order valence-electron chi connectivity index (χ1n) is 4.21. The van der Waals surface area contributed by atoms with Crippen molar-refractivity contribution < 1.29 is 0 Å². The molecular formula is C10H16ClNS. The van der Waals surface area contributed by atoms with Crippen LogP contribution in [0.25, 0.3) is 0 Å². The molecule has 0 fully saturated rings.